The molecule has 1 saturated carbocycles. The minimum absolute atomic E-state index is 0.226. The fourth-order valence-corrected chi connectivity index (χ4v) is 6.27. The van der Waals surface area contributed by atoms with Gasteiger partial charge in [-0.15, -0.1) is 0 Å². The molecule has 3 aromatic rings. The molecule has 0 radical (unpaired) electrons. The summed E-state index contributed by atoms with van der Waals surface area (Å²) in [7, 11) is 0. The minimum Gasteiger partial charge on any atom is -0.441 e. The molecule has 0 aliphatic heterocycles. The third-order valence-corrected chi connectivity index (χ3v) is 8.56. The van der Waals surface area contributed by atoms with Crippen molar-refractivity contribution in [2.45, 2.75) is 116 Å². The molecule has 1 aliphatic carbocycles. The van der Waals surface area contributed by atoms with Gasteiger partial charge < -0.3 is 4.42 Å². The molecule has 2 aromatic carbocycles. The number of benzene rings is 2. The van der Waals surface area contributed by atoms with Crippen molar-refractivity contribution < 1.29 is 8.81 Å². The first-order valence-corrected chi connectivity index (χ1v) is 14.7. The highest BCUT2D eigenvalue weighted by Crippen LogP contribution is 2.39. The SMILES string of the molecule is CCCCCCCCCc1ccc2c(oc(=S)c3cc(C4CCC(CCCC)CC4)ccc32)c1F. The van der Waals surface area contributed by atoms with Gasteiger partial charge in [0.1, 0.15) is 0 Å². The minimum atomic E-state index is -0.226. The lowest BCUT2D eigenvalue weighted by atomic mass is 9.77. The van der Waals surface area contributed by atoms with Crippen molar-refractivity contribution in [1.29, 1.82) is 0 Å². The normalized spacial score (nSPS) is 18.5. The van der Waals surface area contributed by atoms with Crippen molar-refractivity contribution in [3.63, 3.8) is 0 Å². The van der Waals surface area contributed by atoms with Crippen molar-refractivity contribution in [2.75, 3.05) is 0 Å². The van der Waals surface area contributed by atoms with Gasteiger partial charge in [-0.05, 0) is 85.2 Å². The fourth-order valence-electron chi connectivity index (χ4n) is 6.02. The zero-order valence-corrected chi connectivity index (χ0v) is 22.7. The van der Waals surface area contributed by atoms with E-state index in [1.165, 1.54) is 82.6 Å². The van der Waals surface area contributed by atoms with E-state index >= 15 is 4.39 Å². The van der Waals surface area contributed by atoms with Gasteiger partial charge in [-0.2, -0.15) is 0 Å². The summed E-state index contributed by atoms with van der Waals surface area (Å²) in [6.07, 6.45) is 18.6. The van der Waals surface area contributed by atoms with E-state index in [9.17, 15) is 0 Å². The van der Waals surface area contributed by atoms with Crippen LogP contribution in [0.4, 0.5) is 4.39 Å². The Hall–Kier alpha value is -1.74. The Morgan fingerprint density at radius 1 is 0.800 bits per heavy atom. The van der Waals surface area contributed by atoms with Crippen LogP contribution in [-0.4, -0.2) is 0 Å². The standard InChI is InChI=1S/C32H43FOS/c1-3-5-7-8-9-10-11-13-25-18-21-28-27-20-19-26(22-29(27)32(35)34-31(28)30(25)33)24-16-14-23(15-17-24)12-6-4-2/h18-24H,3-17H2,1-2H3. The molecule has 1 nitrogen and oxygen atoms in total. The van der Waals surface area contributed by atoms with Gasteiger partial charge in [-0.1, -0.05) is 95.9 Å². The third kappa shape index (κ3) is 6.53. The quantitative estimate of drug-likeness (QED) is 0.141. The summed E-state index contributed by atoms with van der Waals surface area (Å²) in [6.45, 7) is 4.52. The summed E-state index contributed by atoms with van der Waals surface area (Å²) >= 11 is 5.64. The van der Waals surface area contributed by atoms with Crippen LogP contribution >= 0.6 is 12.2 Å². The van der Waals surface area contributed by atoms with E-state index in [2.05, 4.69) is 32.0 Å². The van der Waals surface area contributed by atoms with E-state index in [1.54, 1.807) is 0 Å². The van der Waals surface area contributed by atoms with Gasteiger partial charge in [-0.25, -0.2) is 4.39 Å². The van der Waals surface area contributed by atoms with Crippen LogP contribution in [0.5, 0.6) is 0 Å². The van der Waals surface area contributed by atoms with Crippen LogP contribution in [-0.2, 0) is 6.42 Å². The second-order valence-corrected chi connectivity index (χ2v) is 11.2. The number of hydrogen-bond donors (Lipinski definition) is 0. The number of fused-ring (bicyclic) bond motifs is 3. The van der Waals surface area contributed by atoms with Crippen molar-refractivity contribution in [1.82, 2.24) is 0 Å². The monoisotopic (exact) mass is 494 g/mol. The molecule has 1 fully saturated rings. The van der Waals surface area contributed by atoms with Crippen LogP contribution < -0.4 is 0 Å². The van der Waals surface area contributed by atoms with Gasteiger partial charge in [0.05, 0.1) is 0 Å². The molecule has 0 N–H and O–H groups in total. The predicted octanol–water partition coefficient (Wildman–Crippen LogP) is 11.2. The summed E-state index contributed by atoms with van der Waals surface area (Å²) in [5, 5.41) is 2.81. The summed E-state index contributed by atoms with van der Waals surface area (Å²) in [4.78, 5) is 0. The van der Waals surface area contributed by atoms with Crippen LogP contribution in [0.25, 0.3) is 21.7 Å². The molecule has 190 valence electrons. The largest absolute Gasteiger partial charge is 0.441 e. The maximum atomic E-state index is 15.4. The van der Waals surface area contributed by atoms with Gasteiger partial charge in [0.15, 0.2) is 16.1 Å². The summed E-state index contributed by atoms with van der Waals surface area (Å²) in [6, 6.07) is 10.6. The highest BCUT2D eigenvalue weighted by Gasteiger charge is 2.23. The average Bonchev–Trinajstić information content (AvgIpc) is 2.88. The van der Waals surface area contributed by atoms with E-state index in [4.69, 9.17) is 16.6 Å². The zero-order chi connectivity index (χ0) is 24.6. The molecular weight excluding hydrogens is 451 g/mol. The van der Waals surface area contributed by atoms with Crippen molar-refractivity contribution in [2.24, 2.45) is 5.92 Å². The van der Waals surface area contributed by atoms with E-state index in [-0.39, 0.29) is 5.82 Å². The Bertz CT molecular complexity index is 1160. The summed E-state index contributed by atoms with van der Waals surface area (Å²) in [5.74, 6) is 1.28. The van der Waals surface area contributed by atoms with E-state index in [0.717, 1.165) is 46.9 Å². The molecular formula is C32H43FOS. The smallest absolute Gasteiger partial charge is 0.198 e. The highest BCUT2D eigenvalue weighted by atomic mass is 32.1. The van der Waals surface area contributed by atoms with Crippen LogP contribution in [0.2, 0.25) is 0 Å². The molecule has 0 saturated heterocycles. The fraction of sp³-hybridized carbons (Fsp3) is 0.594. The summed E-state index contributed by atoms with van der Waals surface area (Å²) in [5.41, 5.74) is 2.44. The highest BCUT2D eigenvalue weighted by molar-refractivity contribution is 7.71. The Labute approximate surface area is 216 Å². The van der Waals surface area contributed by atoms with Gasteiger partial charge >= 0.3 is 0 Å². The number of unbranched alkanes of at least 4 members (excludes halogenated alkanes) is 7. The molecule has 1 heterocycles. The van der Waals surface area contributed by atoms with E-state index in [1.807, 2.05) is 12.1 Å². The number of aryl methyl sites for hydroxylation is 1. The molecule has 3 heteroatoms. The lowest BCUT2D eigenvalue weighted by Gasteiger charge is -2.29. The Balaban J connectivity index is 1.47. The van der Waals surface area contributed by atoms with Crippen molar-refractivity contribution in [3.05, 3.63) is 52.0 Å². The molecule has 0 unspecified atom stereocenters. The first-order valence-electron chi connectivity index (χ1n) is 14.3. The maximum Gasteiger partial charge on any atom is 0.198 e. The first kappa shape index (κ1) is 26.3. The van der Waals surface area contributed by atoms with Crippen molar-refractivity contribution in [3.8, 4) is 0 Å². The molecule has 0 spiro atoms. The van der Waals surface area contributed by atoms with E-state index < -0.39 is 0 Å². The lowest BCUT2D eigenvalue weighted by molar-refractivity contribution is 0.304. The van der Waals surface area contributed by atoms with Crippen molar-refractivity contribution >= 4 is 34.0 Å². The molecule has 0 atom stereocenters. The first-order chi connectivity index (χ1) is 17.1. The average molecular weight is 495 g/mol. The molecule has 35 heavy (non-hydrogen) atoms. The van der Waals surface area contributed by atoms with E-state index in [0.29, 0.717) is 16.2 Å². The Kier molecular flexibility index (Phi) is 9.77. The number of halogens is 1. The second-order valence-electron chi connectivity index (χ2n) is 10.8. The predicted molar refractivity (Wildman–Crippen MR) is 150 cm³/mol. The van der Waals surface area contributed by atoms with Gasteiger partial charge in [0, 0.05) is 10.8 Å². The molecule has 1 aromatic heterocycles. The zero-order valence-electron chi connectivity index (χ0n) is 21.8. The van der Waals surface area contributed by atoms with Crippen LogP contribution in [0.15, 0.2) is 34.7 Å². The molecule has 1 aliphatic rings. The van der Waals surface area contributed by atoms with Crippen LogP contribution in [0, 0.1) is 16.4 Å². The Morgan fingerprint density at radius 2 is 1.49 bits per heavy atom. The number of rotatable bonds is 12. The van der Waals surface area contributed by atoms with Gasteiger partial charge in [0.25, 0.3) is 0 Å². The Morgan fingerprint density at radius 3 is 2.23 bits per heavy atom. The van der Waals surface area contributed by atoms with Gasteiger partial charge in [0.2, 0.25) is 0 Å². The maximum absolute atomic E-state index is 15.4. The van der Waals surface area contributed by atoms with Gasteiger partial charge in [-0.3, -0.25) is 0 Å². The molecule has 0 bridgehead atoms. The lowest BCUT2D eigenvalue weighted by Crippen LogP contribution is -2.13. The topological polar surface area (TPSA) is 13.1 Å². The molecule has 0 amide bonds. The summed E-state index contributed by atoms with van der Waals surface area (Å²) < 4.78 is 21.8. The molecule has 4 rings (SSSR count). The third-order valence-electron chi connectivity index (χ3n) is 8.26. The second kappa shape index (κ2) is 13.0. The van der Waals surface area contributed by atoms with Crippen LogP contribution in [0.1, 0.15) is 121 Å². The van der Waals surface area contributed by atoms with Crippen LogP contribution in [0.3, 0.4) is 0 Å². The number of hydrogen-bond acceptors (Lipinski definition) is 2.